The van der Waals surface area contributed by atoms with E-state index in [2.05, 4.69) is 5.32 Å². The number of nitrogens with one attached hydrogen (secondary N) is 1. The number of hydrogen-bond acceptors (Lipinski definition) is 5. The average molecular weight is 458 g/mol. The maximum absolute atomic E-state index is 12.8. The van der Waals surface area contributed by atoms with Crippen LogP contribution in [-0.2, 0) is 14.8 Å². The van der Waals surface area contributed by atoms with Crippen LogP contribution < -0.4 is 10.1 Å². The number of nitrogens with zero attached hydrogens (tertiary/aromatic N) is 2. The van der Waals surface area contributed by atoms with Gasteiger partial charge < -0.3 is 10.1 Å². The smallest absolute Gasteiger partial charge is 0.243 e. The molecule has 0 radical (unpaired) electrons. The number of anilines is 1. The number of methoxy groups -OCH3 is 1. The summed E-state index contributed by atoms with van der Waals surface area (Å²) in [6.07, 6.45) is 0. The van der Waals surface area contributed by atoms with E-state index in [1.807, 2.05) is 4.90 Å². The third kappa shape index (κ3) is 5.21. The average Bonchev–Trinajstić information content (AvgIpc) is 2.71. The maximum Gasteiger partial charge on any atom is 0.243 e. The Labute approximate surface area is 180 Å². The van der Waals surface area contributed by atoms with Gasteiger partial charge in [-0.1, -0.05) is 29.3 Å². The van der Waals surface area contributed by atoms with E-state index in [1.165, 1.54) is 23.5 Å². The Balaban J connectivity index is 1.56. The normalized spacial score (nSPS) is 15.8. The zero-order valence-corrected chi connectivity index (χ0v) is 18.1. The largest absolute Gasteiger partial charge is 0.497 e. The van der Waals surface area contributed by atoms with Crippen molar-refractivity contribution in [3.63, 3.8) is 0 Å². The fraction of sp³-hybridized carbons (Fsp3) is 0.316. The molecule has 0 aromatic heterocycles. The fourth-order valence-corrected chi connectivity index (χ4v) is 4.94. The Morgan fingerprint density at radius 2 is 1.62 bits per heavy atom. The molecule has 1 fully saturated rings. The molecule has 3 rings (SSSR count). The Bertz CT molecular complexity index is 955. The zero-order chi connectivity index (χ0) is 21.0. The van der Waals surface area contributed by atoms with Crippen LogP contribution in [0.1, 0.15) is 0 Å². The third-order valence-corrected chi connectivity index (χ3v) is 7.17. The minimum absolute atomic E-state index is 0.123. The highest BCUT2D eigenvalue weighted by Crippen LogP contribution is 2.29. The number of sulfonamides is 1. The summed E-state index contributed by atoms with van der Waals surface area (Å²) in [5.74, 6) is 0.338. The number of piperazine rings is 1. The molecule has 0 spiro atoms. The monoisotopic (exact) mass is 457 g/mol. The SMILES string of the molecule is COc1ccc(S(=O)(=O)N2CCN(CC(=O)Nc3c(Cl)cccc3Cl)CC2)cc1. The standard InChI is InChI=1S/C19H21Cl2N3O4S/c1-28-14-5-7-15(8-6-14)29(26,27)24-11-9-23(10-12-24)13-18(25)22-19-16(20)3-2-4-17(19)21/h2-8H,9-13H2,1H3,(H,22,25). The van der Waals surface area contributed by atoms with Gasteiger partial charge in [-0.3, -0.25) is 9.69 Å². The van der Waals surface area contributed by atoms with Crippen molar-refractivity contribution in [2.75, 3.05) is 45.2 Å². The number of para-hydroxylation sites is 1. The minimum atomic E-state index is -3.58. The lowest BCUT2D eigenvalue weighted by Crippen LogP contribution is -2.50. The molecule has 0 aliphatic carbocycles. The van der Waals surface area contributed by atoms with Gasteiger partial charge in [0.1, 0.15) is 5.75 Å². The van der Waals surface area contributed by atoms with Crippen molar-refractivity contribution in [1.29, 1.82) is 0 Å². The molecule has 7 nitrogen and oxygen atoms in total. The van der Waals surface area contributed by atoms with Gasteiger partial charge in [-0.25, -0.2) is 8.42 Å². The van der Waals surface area contributed by atoms with Crippen molar-refractivity contribution in [2.45, 2.75) is 4.90 Å². The highest BCUT2D eigenvalue weighted by atomic mass is 35.5. The number of carbonyl (C=O) groups excluding carboxylic acids is 1. The fourth-order valence-electron chi connectivity index (χ4n) is 3.02. The van der Waals surface area contributed by atoms with Crippen molar-refractivity contribution >= 4 is 44.8 Å². The molecular formula is C19H21Cl2N3O4S. The number of halogens is 2. The molecule has 156 valence electrons. The van der Waals surface area contributed by atoms with E-state index >= 15 is 0 Å². The van der Waals surface area contributed by atoms with Gasteiger partial charge in [-0.05, 0) is 36.4 Å². The second-order valence-corrected chi connectivity index (χ2v) is 9.25. The van der Waals surface area contributed by atoms with Crippen LogP contribution >= 0.6 is 23.2 Å². The van der Waals surface area contributed by atoms with Gasteiger partial charge in [0, 0.05) is 26.2 Å². The Morgan fingerprint density at radius 1 is 1.03 bits per heavy atom. The van der Waals surface area contributed by atoms with Crippen molar-refractivity contribution in [1.82, 2.24) is 9.21 Å². The lowest BCUT2D eigenvalue weighted by Gasteiger charge is -2.33. The van der Waals surface area contributed by atoms with Gasteiger partial charge in [0.25, 0.3) is 0 Å². The number of carbonyl (C=O) groups is 1. The molecule has 1 amide bonds. The van der Waals surface area contributed by atoms with Gasteiger partial charge in [0.15, 0.2) is 0 Å². The van der Waals surface area contributed by atoms with E-state index in [9.17, 15) is 13.2 Å². The Kier molecular flexibility index (Phi) is 7.02. The predicted molar refractivity (Wildman–Crippen MR) is 113 cm³/mol. The predicted octanol–water partition coefficient (Wildman–Crippen LogP) is 2.95. The molecule has 1 aliphatic rings. The number of hydrogen-bond donors (Lipinski definition) is 1. The van der Waals surface area contributed by atoms with E-state index in [0.717, 1.165) is 0 Å². The summed E-state index contributed by atoms with van der Waals surface area (Å²) < 4.78 is 32.1. The van der Waals surface area contributed by atoms with E-state index in [1.54, 1.807) is 30.3 Å². The number of ether oxygens (including phenoxy) is 1. The van der Waals surface area contributed by atoms with Crippen molar-refractivity contribution in [2.24, 2.45) is 0 Å². The first kappa shape index (κ1) is 21.9. The molecule has 0 saturated carbocycles. The van der Waals surface area contributed by atoms with Gasteiger partial charge in [0.2, 0.25) is 15.9 Å². The summed E-state index contributed by atoms with van der Waals surface area (Å²) in [4.78, 5) is 14.4. The number of benzene rings is 2. The van der Waals surface area contributed by atoms with Gasteiger partial charge in [-0.2, -0.15) is 4.31 Å². The molecule has 0 bridgehead atoms. The quantitative estimate of drug-likeness (QED) is 0.720. The summed E-state index contributed by atoms with van der Waals surface area (Å²) in [5.41, 5.74) is 0.376. The molecule has 1 heterocycles. The lowest BCUT2D eigenvalue weighted by atomic mass is 10.3. The second kappa shape index (κ2) is 9.32. The van der Waals surface area contributed by atoms with Crippen LogP contribution in [0.15, 0.2) is 47.4 Å². The van der Waals surface area contributed by atoms with Crippen LogP contribution in [0.3, 0.4) is 0 Å². The van der Waals surface area contributed by atoms with Gasteiger partial charge in [-0.15, -0.1) is 0 Å². The van der Waals surface area contributed by atoms with Crippen molar-refractivity contribution in [3.05, 3.63) is 52.5 Å². The summed E-state index contributed by atoms with van der Waals surface area (Å²) >= 11 is 12.1. The first-order valence-corrected chi connectivity index (χ1v) is 11.1. The van der Waals surface area contributed by atoms with Crippen LogP contribution in [0.25, 0.3) is 0 Å². The molecule has 2 aromatic carbocycles. The van der Waals surface area contributed by atoms with E-state index in [0.29, 0.717) is 47.7 Å². The van der Waals surface area contributed by atoms with E-state index in [-0.39, 0.29) is 17.3 Å². The maximum atomic E-state index is 12.8. The van der Waals surface area contributed by atoms with Crippen molar-refractivity contribution < 1.29 is 17.9 Å². The molecule has 0 unspecified atom stereocenters. The summed E-state index contributed by atoms with van der Waals surface area (Å²) in [6.45, 7) is 1.61. The topological polar surface area (TPSA) is 79.0 Å². The van der Waals surface area contributed by atoms with E-state index < -0.39 is 10.0 Å². The molecule has 1 N–H and O–H groups in total. The molecule has 0 atom stereocenters. The van der Waals surface area contributed by atoms with Crippen LogP contribution in [0.2, 0.25) is 10.0 Å². The Morgan fingerprint density at radius 3 is 2.17 bits per heavy atom. The van der Waals surface area contributed by atoms with Crippen molar-refractivity contribution in [3.8, 4) is 5.75 Å². The summed E-state index contributed by atoms with van der Waals surface area (Å²) in [6, 6.07) is 11.3. The van der Waals surface area contributed by atoms with Crippen LogP contribution in [0.5, 0.6) is 5.75 Å². The Hall–Kier alpha value is -1.84. The molecular weight excluding hydrogens is 437 g/mol. The minimum Gasteiger partial charge on any atom is -0.497 e. The lowest BCUT2D eigenvalue weighted by molar-refractivity contribution is -0.117. The van der Waals surface area contributed by atoms with Crippen LogP contribution in [0.4, 0.5) is 5.69 Å². The molecule has 2 aromatic rings. The molecule has 10 heteroatoms. The second-order valence-electron chi connectivity index (χ2n) is 6.50. The highest BCUT2D eigenvalue weighted by Gasteiger charge is 2.29. The van der Waals surface area contributed by atoms with Crippen LogP contribution in [0, 0.1) is 0 Å². The number of rotatable bonds is 6. The summed E-state index contributed by atoms with van der Waals surface area (Å²) in [5, 5.41) is 3.44. The first-order chi connectivity index (χ1) is 13.8. The third-order valence-electron chi connectivity index (χ3n) is 4.62. The molecule has 1 aliphatic heterocycles. The van der Waals surface area contributed by atoms with Crippen LogP contribution in [-0.4, -0.2) is 63.4 Å². The molecule has 29 heavy (non-hydrogen) atoms. The zero-order valence-electron chi connectivity index (χ0n) is 15.8. The number of amides is 1. The molecule has 1 saturated heterocycles. The highest BCUT2D eigenvalue weighted by molar-refractivity contribution is 7.89. The first-order valence-electron chi connectivity index (χ1n) is 8.91. The van der Waals surface area contributed by atoms with Gasteiger partial charge >= 0.3 is 0 Å². The van der Waals surface area contributed by atoms with Gasteiger partial charge in [0.05, 0.1) is 34.3 Å². The summed E-state index contributed by atoms with van der Waals surface area (Å²) in [7, 11) is -2.06. The van der Waals surface area contributed by atoms with E-state index in [4.69, 9.17) is 27.9 Å².